The zero-order valence-electron chi connectivity index (χ0n) is 22.5. The maximum atomic E-state index is 12.3. The molecule has 0 aromatic rings. The van der Waals surface area contributed by atoms with Gasteiger partial charge in [0.25, 0.3) is 0 Å². The molecule has 35 heavy (non-hydrogen) atoms. The van der Waals surface area contributed by atoms with Crippen LogP contribution in [0.25, 0.3) is 0 Å². The summed E-state index contributed by atoms with van der Waals surface area (Å²) in [4.78, 5) is 24.7. The second-order valence-electron chi connectivity index (χ2n) is 10.4. The summed E-state index contributed by atoms with van der Waals surface area (Å²) in [6, 6.07) is 0. The first-order valence-corrected chi connectivity index (χ1v) is 14.5. The average molecular weight is 491 g/mol. The van der Waals surface area contributed by atoms with Gasteiger partial charge >= 0.3 is 11.9 Å². The van der Waals surface area contributed by atoms with Gasteiger partial charge in [0.2, 0.25) is 0 Å². The lowest BCUT2D eigenvalue weighted by molar-refractivity contribution is -0.150. The fourth-order valence-corrected chi connectivity index (χ4v) is 5.00. The summed E-state index contributed by atoms with van der Waals surface area (Å²) >= 11 is 0. The molecule has 0 unspecified atom stereocenters. The van der Waals surface area contributed by atoms with Crippen LogP contribution in [0.15, 0.2) is 23.7 Å². The van der Waals surface area contributed by atoms with Crippen molar-refractivity contribution in [2.45, 2.75) is 129 Å². The van der Waals surface area contributed by atoms with Crippen LogP contribution in [-0.2, 0) is 23.8 Å². The molecular weight excluding hydrogens is 440 g/mol. The Morgan fingerprint density at radius 1 is 0.629 bits per heavy atom. The number of carbonyl (C=O) groups is 2. The topological polar surface area (TPSA) is 61.8 Å². The Morgan fingerprint density at radius 3 is 1.40 bits per heavy atom. The number of rotatable bonds is 16. The van der Waals surface area contributed by atoms with Crippen molar-refractivity contribution in [3.05, 3.63) is 23.7 Å². The summed E-state index contributed by atoms with van der Waals surface area (Å²) in [7, 11) is 0. The fourth-order valence-electron chi connectivity index (χ4n) is 5.00. The quantitative estimate of drug-likeness (QED) is 0.161. The molecule has 0 aliphatic heterocycles. The Morgan fingerprint density at radius 2 is 1.03 bits per heavy atom. The lowest BCUT2D eigenvalue weighted by atomic mass is 9.89. The van der Waals surface area contributed by atoms with E-state index >= 15 is 0 Å². The van der Waals surface area contributed by atoms with Crippen LogP contribution in [0.4, 0.5) is 0 Å². The highest BCUT2D eigenvalue weighted by Crippen LogP contribution is 2.26. The average Bonchev–Trinajstić information content (AvgIpc) is 2.90. The summed E-state index contributed by atoms with van der Waals surface area (Å²) in [6.07, 6.45) is 22.4. The summed E-state index contributed by atoms with van der Waals surface area (Å²) in [5.74, 6) is 0.147. The highest BCUT2D eigenvalue weighted by molar-refractivity contribution is 5.72. The number of unbranched alkanes of at least 4 members (excludes halogenated alkanes) is 2. The van der Waals surface area contributed by atoms with Crippen LogP contribution >= 0.6 is 0 Å². The zero-order chi connectivity index (χ0) is 25.1. The molecule has 2 fully saturated rings. The second-order valence-corrected chi connectivity index (χ2v) is 10.4. The predicted molar refractivity (Wildman–Crippen MR) is 141 cm³/mol. The first kappa shape index (κ1) is 29.5. The normalized spacial score (nSPS) is 18.3. The molecule has 0 saturated heterocycles. The number of hydrogen-bond donors (Lipinski definition) is 0. The molecule has 2 aliphatic rings. The molecule has 5 heteroatoms. The van der Waals surface area contributed by atoms with E-state index in [2.05, 4.69) is 13.8 Å². The minimum absolute atomic E-state index is 0.0232. The Hall–Kier alpha value is -1.78. The SMILES string of the molecule is CCCCC(=COC=C(CCCC)CCOC(=O)C1CCCCC1)CCOC(=O)C1CCCCC1. The van der Waals surface area contributed by atoms with E-state index in [1.165, 1.54) is 24.0 Å². The summed E-state index contributed by atoms with van der Waals surface area (Å²) in [5, 5.41) is 0. The highest BCUT2D eigenvalue weighted by atomic mass is 16.5. The molecular formula is C30H50O5. The molecule has 0 heterocycles. The molecule has 0 radical (unpaired) electrons. The minimum atomic E-state index is -0.0232. The minimum Gasteiger partial charge on any atom is -0.473 e. The van der Waals surface area contributed by atoms with Crippen molar-refractivity contribution in [3.8, 4) is 0 Å². The van der Waals surface area contributed by atoms with E-state index in [1.807, 2.05) is 12.5 Å². The van der Waals surface area contributed by atoms with Gasteiger partial charge in [0.15, 0.2) is 0 Å². The second kappa shape index (κ2) is 18.5. The molecule has 5 nitrogen and oxygen atoms in total. The summed E-state index contributed by atoms with van der Waals surface area (Å²) in [6.45, 7) is 5.22. The maximum absolute atomic E-state index is 12.3. The lowest BCUT2D eigenvalue weighted by Gasteiger charge is -2.20. The zero-order valence-corrected chi connectivity index (χ0v) is 22.5. The van der Waals surface area contributed by atoms with E-state index in [0.29, 0.717) is 13.2 Å². The molecule has 0 bridgehead atoms. The van der Waals surface area contributed by atoms with Gasteiger partial charge in [-0.3, -0.25) is 9.59 Å². The van der Waals surface area contributed by atoms with Gasteiger partial charge in [-0.25, -0.2) is 0 Å². The van der Waals surface area contributed by atoms with Crippen molar-refractivity contribution >= 4 is 11.9 Å². The molecule has 0 amide bonds. The van der Waals surface area contributed by atoms with Crippen LogP contribution in [0.3, 0.4) is 0 Å². The number of hydrogen-bond acceptors (Lipinski definition) is 5. The van der Waals surface area contributed by atoms with Crippen LogP contribution < -0.4 is 0 Å². The third-order valence-corrected chi connectivity index (χ3v) is 7.38. The van der Waals surface area contributed by atoms with Crippen molar-refractivity contribution in [3.63, 3.8) is 0 Å². The monoisotopic (exact) mass is 490 g/mol. The Bertz CT molecular complexity index is 598. The highest BCUT2D eigenvalue weighted by Gasteiger charge is 2.23. The van der Waals surface area contributed by atoms with Crippen molar-refractivity contribution in [2.24, 2.45) is 11.8 Å². The number of carbonyl (C=O) groups excluding carboxylic acids is 2. The summed E-state index contributed by atoms with van der Waals surface area (Å²) in [5.41, 5.74) is 2.36. The van der Waals surface area contributed by atoms with E-state index in [0.717, 1.165) is 103 Å². The van der Waals surface area contributed by atoms with Gasteiger partial charge < -0.3 is 14.2 Å². The van der Waals surface area contributed by atoms with Gasteiger partial charge in [-0.15, -0.1) is 0 Å². The molecule has 0 spiro atoms. The van der Waals surface area contributed by atoms with Crippen LogP contribution in [-0.4, -0.2) is 25.2 Å². The van der Waals surface area contributed by atoms with Gasteiger partial charge in [-0.1, -0.05) is 65.2 Å². The third kappa shape index (κ3) is 12.7. The molecule has 0 atom stereocenters. The summed E-state index contributed by atoms with van der Waals surface area (Å²) < 4.78 is 17.1. The van der Waals surface area contributed by atoms with Gasteiger partial charge in [0, 0.05) is 12.8 Å². The number of ether oxygens (including phenoxy) is 3. The van der Waals surface area contributed by atoms with Crippen molar-refractivity contribution in [2.75, 3.05) is 13.2 Å². The van der Waals surface area contributed by atoms with Crippen LogP contribution in [0.2, 0.25) is 0 Å². The van der Waals surface area contributed by atoms with Crippen LogP contribution in [0, 0.1) is 11.8 Å². The van der Waals surface area contributed by atoms with Crippen LogP contribution in [0.1, 0.15) is 129 Å². The third-order valence-electron chi connectivity index (χ3n) is 7.38. The molecule has 0 aromatic heterocycles. The molecule has 200 valence electrons. The van der Waals surface area contributed by atoms with Crippen molar-refractivity contribution in [1.82, 2.24) is 0 Å². The maximum Gasteiger partial charge on any atom is 0.308 e. The predicted octanol–water partition coefficient (Wildman–Crippen LogP) is 8.18. The Labute approximate surface area is 214 Å². The van der Waals surface area contributed by atoms with Gasteiger partial charge in [0.05, 0.1) is 37.6 Å². The van der Waals surface area contributed by atoms with Gasteiger partial charge in [0.1, 0.15) is 0 Å². The standard InChI is InChI=1S/C30H50O5/c1-3-5-13-25(19-21-34-29(31)27-15-9-7-10-16-27)23-33-24-26(14-6-4-2)20-22-35-30(32)28-17-11-8-12-18-28/h23-24,27-28H,3-22H2,1-2H3. The molecule has 2 rings (SSSR count). The van der Waals surface area contributed by atoms with Gasteiger partial charge in [-0.2, -0.15) is 0 Å². The Kier molecular flexibility index (Phi) is 15.6. The smallest absolute Gasteiger partial charge is 0.308 e. The first-order valence-electron chi connectivity index (χ1n) is 14.5. The lowest BCUT2D eigenvalue weighted by Crippen LogP contribution is -2.20. The fraction of sp³-hybridized carbons (Fsp3) is 0.800. The molecule has 0 aromatic carbocycles. The van der Waals surface area contributed by atoms with E-state index in [1.54, 1.807) is 0 Å². The largest absolute Gasteiger partial charge is 0.473 e. The van der Waals surface area contributed by atoms with E-state index in [9.17, 15) is 9.59 Å². The van der Waals surface area contributed by atoms with E-state index in [4.69, 9.17) is 14.2 Å². The van der Waals surface area contributed by atoms with Gasteiger partial charge in [-0.05, 0) is 62.5 Å². The Balaban J connectivity index is 1.80. The molecule has 0 N–H and O–H groups in total. The first-order chi connectivity index (χ1) is 17.1. The van der Waals surface area contributed by atoms with Crippen LogP contribution in [0.5, 0.6) is 0 Å². The van der Waals surface area contributed by atoms with E-state index < -0.39 is 0 Å². The van der Waals surface area contributed by atoms with E-state index in [-0.39, 0.29) is 23.8 Å². The number of esters is 2. The molecule has 2 saturated carbocycles. The molecule has 2 aliphatic carbocycles. The van der Waals surface area contributed by atoms with Crippen molar-refractivity contribution in [1.29, 1.82) is 0 Å². The van der Waals surface area contributed by atoms with Crippen molar-refractivity contribution < 1.29 is 23.8 Å².